The molecule has 0 amide bonds. The second-order valence-corrected chi connectivity index (χ2v) is 1.85. The van der Waals surface area contributed by atoms with Crippen molar-refractivity contribution in [1.82, 2.24) is 0 Å². The molecule has 0 spiro atoms. The lowest BCUT2D eigenvalue weighted by molar-refractivity contribution is 1.54. The molecule has 0 radical (unpaired) electrons. The van der Waals surface area contributed by atoms with Gasteiger partial charge < -0.3 is 11.5 Å². The van der Waals surface area contributed by atoms with Crippen molar-refractivity contribution in [1.29, 1.82) is 0 Å². The van der Waals surface area contributed by atoms with E-state index < -0.39 is 0 Å². The third-order valence-electron chi connectivity index (χ3n) is 0.367. The average molecular weight is 163 g/mol. The zero-order chi connectivity index (χ0) is 5.70. The molecule has 0 saturated heterocycles. The Bertz CT molecular complexity index is 91.9. The van der Waals surface area contributed by atoms with E-state index >= 15 is 0 Å². The van der Waals surface area contributed by atoms with Crippen LogP contribution in [0.25, 0.3) is 0 Å². The van der Waals surface area contributed by atoms with Gasteiger partial charge in [0, 0.05) is 0 Å². The van der Waals surface area contributed by atoms with Gasteiger partial charge in [-0.15, -0.1) is 0 Å². The highest BCUT2D eigenvalue weighted by atomic mass is 79.9. The third kappa shape index (κ3) is 5.56. The lowest BCUT2D eigenvalue weighted by Crippen LogP contribution is -1.84. The van der Waals surface area contributed by atoms with Crippen molar-refractivity contribution in [2.75, 3.05) is 0 Å². The predicted molar refractivity (Wildman–Crippen MR) is 34.5 cm³/mol. The molecule has 0 aromatic carbocycles. The fourth-order valence-corrected chi connectivity index (χ4v) is 0.300. The Hall–Kier alpha value is -0.440. The number of hydrogen-bond donors (Lipinski definition) is 2. The van der Waals surface area contributed by atoms with Crippen molar-refractivity contribution in [2.24, 2.45) is 11.5 Å². The second-order valence-electron chi connectivity index (χ2n) is 0.936. The molecule has 0 unspecified atom stereocenters. The summed E-state index contributed by atoms with van der Waals surface area (Å²) in [6.07, 6.45) is 4.71. The van der Waals surface area contributed by atoms with Crippen LogP contribution in [0.3, 0.4) is 0 Å². The van der Waals surface area contributed by atoms with Gasteiger partial charge in [0.25, 0.3) is 0 Å². The molecule has 0 aromatic rings. The minimum Gasteiger partial charge on any atom is -0.405 e. The average Bonchev–Trinajstić information content (AvgIpc) is 1.61. The summed E-state index contributed by atoms with van der Waals surface area (Å²) in [6, 6.07) is 0. The molecule has 4 N–H and O–H groups in total. The molecule has 40 valence electrons. The van der Waals surface area contributed by atoms with Gasteiger partial charge in [-0.2, -0.15) is 0 Å². The van der Waals surface area contributed by atoms with Crippen LogP contribution in [0.5, 0.6) is 0 Å². The number of rotatable bonds is 1. The maximum atomic E-state index is 5.15. The number of allylic oxidation sites excluding steroid dienone is 2. The first-order valence-electron chi connectivity index (χ1n) is 1.77. The quantitative estimate of drug-likeness (QED) is 0.440. The van der Waals surface area contributed by atoms with E-state index in [-0.39, 0.29) is 0 Å². The summed E-state index contributed by atoms with van der Waals surface area (Å²) in [5.41, 5.74) is 10.1. The van der Waals surface area contributed by atoms with Crippen LogP contribution in [0.1, 0.15) is 0 Å². The molecule has 0 aliphatic rings. The normalized spacial score (nSPS) is 13.0. The van der Waals surface area contributed by atoms with E-state index in [2.05, 4.69) is 15.9 Å². The van der Waals surface area contributed by atoms with Crippen molar-refractivity contribution >= 4 is 15.9 Å². The van der Waals surface area contributed by atoms with Crippen LogP contribution in [0.4, 0.5) is 0 Å². The molecule has 0 bridgehead atoms. The Labute approximate surface area is 51.0 Å². The molecule has 7 heavy (non-hydrogen) atoms. The van der Waals surface area contributed by atoms with Crippen LogP contribution in [0.15, 0.2) is 23.0 Å². The standard InChI is InChI=1S/C4H7BrN2/c5-4(7)2-1-3-6/h1-3H,6-7H2/b3-1-,4-2-. The van der Waals surface area contributed by atoms with Crippen LogP contribution < -0.4 is 11.5 Å². The summed E-state index contributed by atoms with van der Waals surface area (Å²) in [6.45, 7) is 0. The first kappa shape index (κ1) is 6.56. The summed E-state index contributed by atoms with van der Waals surface area (Å²) in [4.78, 5) is 0. The van der Waals surface area contributed by atoms with Crippen LogP contribution >= 0.6 is 15.9 Å². The first-order valence-corrected chi connectivity index (χ1v) is 2.56. The highest BCUT2D eigenvalue weighted by Crippen LogP contribution is 1.91. The first-order chi connectivity index (χ1) is 3.27. The Kier molecular flexibility index (Phi) is 3.50. The van der Waals surface area contributed by atoms with E-state index in [0.717, 1.165) is 0 Å². The molecule has 0 aliphatic heterocycles. The topological polar surface area (TPSA) is 52.0 Å². The fourth-order valence-electron chi connectivity index (χ4n) is 0.147. The molecule has 0 aromatic heterocycles. The molecule has 0 rings (SSSR count). The van der Waals surface area contributed by atoms with Gasteiger partial charge in [0.1, 0.15) is 0 Å². The van der Waals surface area contributed by atoms with E-state index in [4.69, 9.17) is 11.5 Å². The number of halogens is 1. The zero-order valence-corrected chi connectivity index (χ0v) is 5.35. The van der Waals surface area contributed by atoms with Gasteiger partial charge in [0.05, 0.1) is 4.61 Å². The van der Waals surface area contributed by atoms with Gasteiger partial charge in [0.15, 0.2) is 0 Å². The zero-order valence-electron chi connectivity index (χ0n) is 3.76. The summed E-state index contributed by atoms with van der Waals surface area (Å²) < 4.78 is 0.578. The summed E-state index contributed by atoms with van der Waals surface area (Å²) in [7, 11) is 0. The van der Waals surface area contributed by atoms with E-state index in [9.17, 15) is 0 Å². The molecule has 0 atom stereocenters. The summed E-state index contributed by atoms with van der Waals surface area (Å²) >= 11 is 3.01. The predicted octanol–water partition coefficient (Wildman–Crippen LogP) is 0.654. The number of nitrogens with two attached hydrogens (primary N) is 2. The Morgan fingerprint density at radius 3 is 2.29 bits per heavy atom. The minimum absolute atomic E-state index is 0.578. The maximum Gasteiger partial charge on any atom is 0.0754 e. The van der Waals surface area contributed by atoms with Crippen LogP contribution in [-0.2, 0) is 0 Å². The SMILES string of the molecule is N/C=C\C=C(/N)Br. The van der Waals surface area contributed by atoms with Crippen molar-refractivity contribution in [2.45, 2.75) is 0 Å². The molecular formula is C4H7BrN2. The van der Waals surface area contributed by atoms with Crippen molar-refractivity contribution in [3.05, 3.63) is 23.0 Å². The van der Waals surface area contributed by atoms with Gasteiger partial charge in [-0.3, -0.25) is 0 Å². The van der Waals surface area contributed by atoms with E-state index in [1.807, 2.05) is 0 Å². The van der Waals surface area contributed by atoms with Crippen molar-refractivity contribution in [3.63, 3.8) is 0 Å². The van der Waals surface area contributed by atoms with Gasteiger partial charge in [0.2, 0.25) is 0 Å². The maximum absolute atomic E-state index is 5.15. The molecule has 0 aliphatic carbocycles. The highest BCUT2D eigenvalue weighted by molar-refractivity contribution is 9.11. The second kappa shape index (κ2) is 3.74. The van der Waals surface area contributed by atoms with Crippen LogP contribution in [0, 0.1) is 0 Å². The van der Waals surface area contributed by atoms with Gasteiger partial charge in [-0.25, -0.2) is 0 Å². The molecular weight excluding hydrogens is 156 g/mol. The summed E-state index contributed by atoms with van der Waals surface area (Å²) in [5.74, 6) is 0. The Balaban J connectivity index is 3.46. The molecule has 0 heterocycles. The third-order valence-corrected chi connectivity index (χ3v) is 0.631. The Morgan fingerprint density at radius 2 is 2.14 bits per heavy atom. The van der Waals surface area contributed by atoms with Crippen LogP contribution in [0.2, 0.25) is 0 Å². The molecule has 0 saturated carbocycles. The summed E-state index contributed by atoms with van der Waals surface area (Å²) in [5, 5.41) is 0. The largest absolute Gasteiger partial charge is 0.405 e. The van der Waals surface area contributed by atoms with E-state index in [0.29, 0.717) is 4.61 Å². The molecule has 2 nitrogen and oxygen atoms in total. The van der Waals surface area contributed by atoms with Crippen molar-refractivity contribution in [3.8, 4) is 0 Å². The lowest BCUT2D eigenvalue weighted by Gasteiger charge is -1.77. The molecule has 3 heteroatoms. The van der Waals surface area contributed by atoms with Crippen LogP contribution in [-0.4, -0.2) is 0 Å². The van der Waals surface area contributed by atoms with Gasteiger partial charge in [-0.1, -0.05) is 0 Å². The van der Waals surface area contributed by atoms with E-state index in [1.54, 1.807) is 12.2 Å². The fraction of sp³-hybridized carbons (Fsp3) is 0. The van der Waals surface area contributed by atoms with Gasteiger partial charge in [-0.05, 0) is 34.3 Å². The molecule has 0 fully saturated rings. The van der Waals surface area contributed by atoms with E-state index in [1.165, 1.54) is 6.20 Å². The Morgan fingerprint density at radius 1 is 1.57 bits per heavy atom. The smallest absolute Gasteiger partial charge is 0.0754 e. The van der Waals surface area contributed by atoms with Crippen molar-refractivity contribution < 1.29 is 0 Å². The lowest BCUT2D eigenvalue weighted by atomic mass is 10.6. The minimum atomic E-state index is 0.578. The monoisotopic (exact) mass is 162 g/mol. The highest BCUT2D eigenvalue weighted by Gasteiger charge is 1.68. The number of hydrogen-bond acceptors (Lipinski definition) is 2. The van der Waals surface area contributed by atoms with Gasteiger partial charge >= 0.3 is 0 Å².